The quantitative estimate of drug-likeness (QED) is 0.623. The van der Waals surface area contributed by atoms with Gasteiger partial charge >= 0.3 is 0 Å². The zero-order chi connectivity index (χ0) is 8.23. The van der Waals surface area contributed by atoms with Crippen molar-refractivity contribution in [2.45, 2.75) is 17.1 Å². The lowest BCUT2D eigenvalue weighted by Gasteiger charge is -2.11. The van der Waals surface area contributed by atoms with Crippen LogP contribution in [0.4, 0.5) is 0 Å². The Kier molecular flexibility index (Phi) is 3.01. The fourth-order valence-corrected chi connectivity index (χ4v) is 3.54. The Balaban J connectivity index is 2.24. The first-order chi connectivity index (χ1) is 5.97. The standard InChI is InChI=1S/C10H12S2/c1-2-5-10-9(4-1)8-11-6-3-7-12-10/h1-2,4-5H,3,6-8H2. The van der Waals surface area contributed by atoms with Crippen LogP contribution in [0.3, 0.4) is 0 Å². The highest BCUT2D eigenvalue weighted by Crippen LogP contribution is 2.29. The molecule has 2 heteroatoms. The molecule has 1 aliphatic rings. The van der Waals surface area contributed by atoms with Gasteiger partial charge in [0.05, 0.1) is 0 Å². The fraction of sp³-hybridized carbons (Fsp3) is 0.400. The molecule has 0 fully saturated rings. The summed E-state index contributed by atoms with van der Waals surface area (Å²) < 4.78 is 0. The van der Waals surface area contributed by atoms with Crippen molar-refractivity contribution in [1.29, 1.82) is 0 Å². The molecule has 0 saturated carbocycles. The first-order valence-corrected chi connectivity index (χ1v) is 6.39. The summed E-state index contributed by atoms with van der Waals surface area (Å²) in [6, 6.07) is 8.77. The van der Waals surface area contributed by atoms with Crippen molar-refractivity contribution in [3.05, 3.63) is 29.8 Å². The molecule has 1 heterocycles. The highest BCUT2D eigenvalue weighted by atomic mass is 32.2. The lowest BCUT2D eigenvalue weighted by atomic mass is 10.2. The minimum atomic E-state index is 1.20. The highest BCUT2D eigenvalue weighted by Gasteiger charge is 2.05. The molecule has 0 aliphatic carbocycles. The lowest BCUT2D eigenvalue weighted by Crippen LogP contribution is -1.93. The molecule has 1 aliphatic heterocycles. The van der Waals surface area contributed by atoms with Crippen LogP contribution in [0.2, 0.25) is 0 Å². The minimum absolute atomic E-state index is 1.20. The van der Waals surface area contributed by atoms with Crippen LogP contribution in [-0.2, 0) is 5.75 Å². The van der Waals surface area contributed by atoms with Crippen LogP contribution < -0.4 is 0 Å². The summed E-state index contributed by atoms with van der Waals surface area (Å²) in [5.74, 6) is 3.80. The zero-order valence-electron chi connectivity index (χ0n) is 6.95. The fourth-order valence-electron chi connectivity index (χ4n) is 1.29. The largest absolute Gasteiger partial charge is 0.157 e. The maximum absolute atomic E-state index is 2.25. The molecule has 0 N–H and O–H groups in total. The van der Waals surface area contributed by atoms with Crippen molar-refractivity contribution in [2.24, 2.45) is 0 Å². The van der Waals surface area contributed by atoms with Gasteiger partial charge in [0.15, 0.2) is 0 Å². The van der Waals surface area contributed by atoms with E-state index in [2.05, 4.69) is 36.0 Å². The van der Waals surface area contributed by atoms with Crippen LogP contribution in [0.1, 0.15) is 12.0 Å². The van der Waals surface area contributed by atoms with Gasteiger partial charge in [0, 0.05) is 10.6 Å². The highest BCUT2D eigenvalue weighted by molar-refractivity contribution is 8.00. The molecule has 0 spiro atoms. The Morgan fingerprint density at radius 3 is 3.00 bits per heavy atom. The summed E-state index contributed by atoms with van der Waals surface area (Å²) in [4.78, 5) is 1.49. The molecule has 12 heavy (non-hydrogen) atoms. The normalized spacial score (nSPS) is 17.7. The van der Waals surface area contributed by atoms with Gasteiger partial charge in [0.1, 0.15) is 0 Å². The van der Waals surface area contributed by atoms with Crippen LogP contribution in [-0.4, -0.2) is 11.5 Å². The van der Waals surface area contributed by atoms with E-state index in [9.17, 15) is 0 Å². The SMILES string of the molecule is c1ccc2c(c1)CSCCCS2. The average Bonchev–Trinajstić information content (AvgIpc) is 2.06. The van der Waals surface area contributed by atoms with Gasteiger partial charge in [-0.2, -0.15) is 11.8 Å². The van der Waals surface area contributed by atoms with Gasteiger partial charge in [-0.15, -0.1) is 11.8 Å². The van der Waals surface area contributed by atoms with Gasteiger partial charge in [0.25, 0.3) is 0 Å². The summed E-state index contributed by atoms with van der Waals surface area (Å²) in [5, 5.41) is 0. The monoisotopic (exact) mass is 196 g/mol. The Labute approximate surface area is 82.1 Å². The number of fused-ring (bicyclic) bond motifs is 1. The smallest absolute Gasteiger partial charge is 0.0195 e. The number of benzene rings is 1. The third-order valence-corrected chi connectivity index (χ3v) is 4.22. The molecule has 0 radical (unpaired) electrons. The van der Waals surface area contributed by atoms with Gasteiger partial charge in [-0.25, -0.2) is 0 Å². The maximum atomic E-state index is 2.25. The van der Waals surface area contributed by atoms with Crippen LogP contribution in [0.15, 0.2) is 29.2 Å². The lowest BCUT2D eigenvalue weighted by molar-refractivity contribution is 1.10. The second-order valence-corrected chi connectivity index (χ2v) is 5.10. The second-order valence-electron chi connectivity index (χ2n) is 2.86. The van der Waals surface area contributed by atoms with E-state index in [0.29, 0.717) is 0 Å². The molecule has 0 atom stereocenters. The van der Waals surface area contributed by atoms with E-state index < -0.39 is 0 Å². The van der Waals surface area contributed by atoms with Crippen LogP contribution in [0, 0.1) is 0 Å². The average molecular weight is 196 g/mol. The molecule has 1 aromatic carbocycles. The Hall–Kier alpha value is -0.0800. The summed E-state index contributed by atoms with van der Waals surface area (Å²) >= 11 is 4.07. The molecule has 1 aromatic rings. The predicted octanol–water partition coefficient (Wildman–Crippen LogP) is 3.42. The molecule has 0 aromatic heterocycles. The van der Waals surface area contributed by atoms with Gasteiger partial charge in [0.2, 0.25) is 0 Å². The molecule has 0 nitrogen and oxygen atoms in total. The molecule has 2 rings (SSSR count). The van der Waals surface area contributed by atoms with Crippen molar-refractivity contribution in [3.8, 4) is 0 Å². The molecule has 0 saturated heterocycles. The molecular weight excluding hydrogens is 184 g/mol. The minimum Gasteiger partial charge on any atom is -0.157 e. The zero-order valence-corrected chi connectivity index (χ0v) is 8.59. The van der Waals surface area contributed by atoms with E-state index in [1.54, 1.807) is 0 Å². The van der Waals surface area contributed by atoms with Crippen LogP contribution in [0.25, 0.3) is 0 Å². The first-order valence-electron chi connectivity index (χ1n) is 4.25. The molecule has 0 unspecified atom stereocenters. The Bertz CT molecular complexity index is 231. The number of thioether (sulfide) groups is 2. The summed E-state index contributed by atoms with van der Waals surface area (Å²) in [6.45, 7) is 0. The number of rotatable bonds is 0. The third-order valence-electron chi connectivity index (χ3n) is 1.92. The third kappa shape index (κ3) is 1.99. The molecule has 0 bridgehead atoms. The first kappa shape index (κ1) is 8.52. The van der Waals surface area contributed by atoms with Crippen molar-refractivity contribution in [1.82, 2.24) is 0 Å². The molecule has 64 valence electrons. The van der Waals surface area contributed by atoms with Crippen LogP contribution in [0.5, 0.6) is 0 Å². The summed E-state index contributed by atoms with van der Waals surface area (Å²) in [6.07, 6.45) is 1.35. The van der Waals surface area contributed by atoms with Crippen molar-refractivity contribution >= 4 is 23.5 Å². The Morgan fingerprint density at radius 2 is 2.00 bits per heavy atom. The summed E-state index contributed by atoms with van der Waals surface area (Å²) in [5.41, 5.74) is 1.52. The van der Waals surface area contributed by atoms with E-state index in [0.717, 1.165) is 0 Å². The van der Waals surface area contributed by atoms with Gasteiger partial charge in [-0.1, -0.05) is 18.2 Å². The summed E-state index contributed by atoms with van der Waals surface area (Å²) in [7, 11) is 0. The maximum Gasteiger partial charge on any atom is 0.0195 e. The van der Waals surface area contributed by atoms with E-state index >= 15 is 0 Å². The van der Waals surface area contributed by atoms with Gasteiger partial charge < -0.3 is 0 Å². The molecular formula is C10H12S2. The van der Waals surface area contributed by atoms with Crippen molar-refractivity contribution < 1.29 is 0 Å². The molecule has 0 amide bonds. The Morgan fingerprint density at radius 1 is 1.08 bits per heavy atom. The van der Waals surface area contributed by atoms with E-state index in [4.69, 9.17) is 0 Å². The van der Waals surface area contributed by atoms with Gasteiger partial charge in [-0.3, -0.25) is 0 Å². The van der Waals surface area contributed by atoms with E-state index in [1.807, 2.05) is 11.8 Å². The second kappa shape index (κ2) is 4.24. The topological polar surface area (TPSA) is 0 Å². The van der Waals surface area contributed by atoms with Crippen molar-refractivity contribution in [3.63, 3.8) is 0 Å². The van der Waals surface area contributed by atoms with Gasteiger partial charge in [-0.05, 0) is 29.6 Å². The van der Waals surface area contributed by atoms with Crippen LogP contribution >= 0.6 is 23.5 Å². The number of hydrogen-bond acceptors (Lipinski definition) is 2. The van der Waals surface area contributed by atoms with E-state index in [1.165, 1.54) is 34.1 Å². The van der Waals surface area contributed by atoms with Crippen molar-refractivity contribution in [2.75, 3.05) is 11.5 Å². The predicted molar refractivity (Wildman–Crippen MR) is 57.9 cm³/mol. The number of hydrogen-bond donors (Lipinski definition) is 0. The van der Waals surface area contributed by atoms with E-state index in [-0.39, 0.29) is 0 Å².